The summed E-state index contributed by atoms with van der Waals surface area (Å²) in [7, 11) is -2.00. The third kappa shape index (κ3) is 4.43. The number of hydrogen-bond acceptors (Lipinski definition) is 6. The number of aryl methyl sites for hydroxylation is 3. The standard InChI is InChI=1S/C22H26N4O4S2/c1-4-16-7-5-6-8-18(16)24-32(28,29)17-13-19(25(3)14-17)21-23-15(2)20(31-21)22(27)26-9-11-30-12-10-26/h5-8,13-14,24H,4,9-12H2,1-3H3. The molecule has 1 saturated heterocycles. The number of morpholine rings is 1. The molecule has 1 aromatic carbocycles. The molecule has 0 spiro atoms. The largest absolute Gasteiger partial charge is 0.378 e. The van der Waals surface area contributed by atoms with E-state index < -0.39 is 10.0 Å². The number of amides is 1. The molecule has 0 radical (unpaired) electrons. The number of sulfonamides is 1. The van der Waals surface area contributed by atoms with Crippen LogP contribution in [0.5, 0.6) is 0 Å². The van der Waals surface area contributed by atoms with Gasteiger partial charge in [0.2, 0.25) is 0 Å². The van der Waals surface area contributed by atoms with Crippen LogP contribution in [0.25, 0.3) is 10.7 Å². The number of carbonyl (C=O) groups excluding carboxylic acids is 1. The molecule has 3 aromatic rings. The van der Waals surface area contributed by atoms with Gasteiger partial charge in [0.25, 0.3) is 15.9 Å². The molecule has 32 heavy (non-hydrogen) atoms. The van der Waals surface area contributed by atoms with Crippen molar-refractivity contribution in [2.24, 2.45) is 7.05 Å². The Hall–Kier alpha value is -2.69. The Labute approximate surface area is 191 Å². The van der Waals surface area contributed by atoms with Crippen LogP contribution < -0.4 is 4.72 Å². The number of aromatic nitrogens is 2. The second-order valence-electron chi connectivity index (χ2n) is 7.63. The molecule has 1 fully saturated rings. The van der Waals surface area contributed by atoms with E-state index in [9.17, 15) is 13.2 Å². The van der Waals surface area contributed by atoms with Gasteiger partial charge in [0.05, 0.1) is 30.3 Å². The van der Waals surface area contributed by atoms with Crippen molar-refractivity contribution in [1.82, 2.24) is 14.5 Å². The first-order valence-electron chi connectivity index (χ1n) is 10.4. The number of hydrogen-bond donors (Lipinski definition) is 1. The molecule has 0 unspecified atom stereocenters. The van der Waals surface area contributed by atoms with Gasteiger partial charge in [-0.2, -0.15) is 0 Å². The highest BCUT2D eigenvalue weighted by Gasteiger charge is 2.25. The summed E-state index contributed by atoms with van der Waals surface area (Å²) in [6, 6.07) is 8.95. The highest BCUT2D eigenvalue weighted by Crippen LogP contribution is 2.32. The molecule has 2 aromatic heterocycles. The lowest BCUT2D eigenvalue weighted by atomic mass is 10.1. The van der Waals surface area contributed by atoms with Crippen molar-refractivity contribution >= 4 is 33.0 Å². The zero-order chi connectivity index (χ0) is 22.9. The number of benzene rings is 1. The van der Waals surface area contributed by atoms with Crippen LogP contribution in [-0.4, -0.2) is 55.1 Å². The van der Waals surface area contributed by atoms with Crippen LogP contribution in [0.1, 0.15) is 27.9 Å². The van der Waals surface area contributed by atoms with Gasteiger partial charge in [-0.05, 0) is 31.0 Å². The summed E-state index contributed by atoms with van der Waals surface area (Å²) in [6.45, 7) is 5.96. The van der Waals surface area contributed by atoms with Gasteiger partial charge in [-0.1, -0.05) is 25.1 Å². The molecule has 0 bridgehead atoms. The Morgan fingerprint density at radius 3 is 2.69 bits per heavy atom. The van der Waals surface area contributed by atoms with Crippen LogP contribution in [0, 0.1) is 6.92 Å². The summed E-state index contributed by atoms with van der Waals surface area (Å²) in [5.41, 5.74) is 2.78. The second-order valence-corrected chi connectivity index (χ2v) is 10.3. The maximum atomic E-state index is 13.0. The van der Waals surface area contributed by atoms with E-state index >= 15 is 0 Å². The zero-order valence-electron chi connectivity index (χ0n) is 18.3. The third-order valence-corrected chi connectivity index (χ3v) is 7.94. The Morgan fingerprint density at radius 2 is 1.97 bits per heavy atom. The Balaban J connectivity index is 1.62. The smallest absolute Gasteiger partial charge is 0.266 e. The van der Waals surface area contributed by atoms with E-state index in [0.717, 1.165) is 12.0 Å². The van der Waals surface area contributed by atoms with E-state index in [1.54, 1.807) is 47.8 Å². The lowest BCUT2D eigenvalue weighted by Crippen LogP contribution is -2.40. The van der Waals surface area contributed by atoms with Gasteiger partial charge in [-0.25, -0.2) is 13.4 Å². The third-order valence-electron chi connectivity index (χ3n) is 5.44. The highest BCUT2D eigenvalue weighted by atomic mass is 32.2. The number of ether oxygens (including phenoxy) is 1. The molecule has 0 aliphatic carbocycles. The molecule has 8 nitrogen and oxygen atoms in total. The van der Waals surface area contributed by atoms with Crippen molar-refractivity contribution in [3.8, 4) is 10.7 Å². The number of para-hydroxylation sites is 1. The van der Waals surface area contributed by atoms with Crippen molar-refractivity contribution in [1.29, 1.82) is 0 Å². The minimum absolute atomic E-state index is 0.0607. The minimum Gasteiger partial charge on any atom is -0.378 e. The lowest BCUT2D eigenvalue weighted by molar-refractivity contribution is 0.0305. The minimum atomic E-state index is -3.78. The Bertz CT molecular complexity index is 1240. The fourth-order valence-corrected chi connectivity index (χ4v) is 5.90. The SMILES string of the molecule is CCc1ccccc1NS(=O)(=O)c1cc(-c2nc(C)c(C(=O)N3CCOCC3)s2)n(C)c1. The number of carbonyl (C=O) groups is 1. The molecule has 1 amide bonds. The highest BCUT2D eigenvalue weighted by molar-refractivity contribution is 7.92. The van der Waals surface area contributed by atoms with Gasteiger partial charge in [0.15, 0.2) is 0 Å². The van der Waals surface area contributed by atoms with Crippen molar-refractivity contribution in [3.05, 3.63) is 52.7 Å². The van der Waals surface area contributed by atoms with E-state index in [0.29, 0.717) is 53.3 Å². The summed E-state index contributed by atoms with van der Waals surface area (Å²) in [4.78, 5) is 20.0. The van der Waals surface area contributed by atoms with Crippen LogP contribution in [-0.2, 0) is 28.2 Å². The molecular formula is C22H26N4O4S2. The molecule has 1 aliphatic heterocycles. The van der Waals surface area contributed by atoms with Crippen LogP contribution in [0.3, 0.4) is 0 Å². The van der Waals surface area contributed by atoms with Gasteiger partial charge in [-0.15, -0.1) is 11.3 Å². The molecule has 170 valence electrons. The quantitative estimate of drug-likeness (QED) is 0.592. The summed E-state index contributed by atoms with van der Waals surface area (Å²) in [6.07, 6.45) is 2.28. The fraction of sp³-hybridized carbons (Fsp3) is 0.364. The number of anilines is 1. The molecule has 0 atom stereocenters. The zero-order valence-corrected chi connectivity index (χ0v) is 19.9. The first-order valence-corrected chi connectivity index (χ1v) is 12.7. The van der Waals surface area contributed by atoms with Crippen LogP contribution in [0.15, 0.2) is 41.4 Å². The molecule has 10 heteroatoms. The average molecular weight is 475 g/mol. The number of nitrogens with one attached hydrogen (secondary N) is 1. The number of nitrogens with zero attached hydrogens (tertiary/aromatic N) is 3. The van der Waals surface area contributed by atoms with Gasteiger partial charge in [0.1, 0.15) is 14.8 Å². The summed E-state index contributed by atoms with van der Waals surface area (Å²) in [5, 5.41) is 0.608. The summed E-state index contributed by atoms with van der Waals surface area (Å²) < 4.78 is 35.8. The average Bonchev–Trinajstić information content (AvgIpc) is 3.37. The van der Waals surface area contributed by atoms with Crippen molar-refractivity contribution in [2.45, 2.75) is 25.2 Å². The van der Waals surface area contributed by atoms with Gasteiger partial charge in [-0.3, -0.25) is 9.52 Å². The monoisotopic (exact) mass is 474 g/mol. The topological polar surface area (TPSA) is 93.5 Å². The van der Waals surface area contributed by atoms with Crippen molar-refractivity contribution in [2.75, 3.05) is 31.0 Å². The van der Waals surface area contributed by atoms with E-state index in [-0.39, 0.29) is 10.8 Å². The Kier molecular flexibility index (Phi) is 6.36. The van der Waals surface area contributed by atoms with Gasteiger partial charge < -0.3 is 14.2 Å². The van der Waals surface area contributed by atoms with E-state index in [4.69, 9.17) is 4.74 Å². The van der Waals surface area contributed by atoms with E-state index in [1.807, 2.05) is 19.1 Å². The first-order chi connectivity index (χ1) is 15.3. The van der Waals surface area contributed by atoms with Crippen LogP contribution in [0.2, 0.25) is 0 Å². The molecule has 0 saturated carbocycles. The molecule has 1 aliphatic rings. The fourth-order valence-electron chi connectivity index (χ4n) is 3.64. The van der Waals surface area contributed by atoms with Crippen LogP contribution in [0.4, 0.5) is 5.69 Å². The summed E-state index contributed by atoms with van der Waals surface area (Å²) >= 11 is 1.28. The lowest BCUT2D eigenvalue weighted by Gasteiger charge is -2.26. The maximum absolute atomic E-state index is 13.0. The maximum Gasteiger partial charge on any atom is 0.266 e. The number of thiazole rings is 1. The van der Waals surface area contributed by atoms with Gasteiger partial charge in [0, 0.05) is 26.3 Å². The molecule has 3 heterocycles. The van der Waals surface area contributed by atoms with Gasteiger partial charge >= 0.3 is 0 Å². The van der Waals surface area contributed by atoms with Crippen molar-refractivity contribution < 1.29 is 17.9 Å². The van der Waals surface area contributed by atoms with E-state index in [2.05, 4.69) is 9.71 Å². The van der Waals surface area contributed by atoms with Crippen molar-refractivity contribution in [3.63, 3.8) is 0 Å². The van der Waals surface area contributed by atoms with E-state index in [1.165, 1.54) is 11.3 Å². The first kappa shape index (κ1) is 22.5. The molecule has 4 rings (SSSR count). The normalized spacial score (nSPS) is 14.5. The van der Waals surface area contributed by atoms with Crippen LogP contribution >= 0.6 is 11.3 Å². The predicted octanol–water partition coefficient (Wildman–Crippen LogP) is 3.29. The molecule has 1 N–H and O–H groups in total. The second kappa shape index (κ2) is 9.05. The summed E-state index contributed by atoms with van der Waals surface area (Å²) in [5.74, 6) is -0.0607. The predicted molar refractivity (Wildman–Crippen MR) is 125 cm³/mol. The Morgan fingerprint density at radius 1 is 1.25 bits per heavy atom. The molecular weight excluding hydrogens is 448 g/mol. The number of rotatable bonds is 6.